The molecule has 4 heteroatoms. The number of allylic oxidation sites excluding steroid dienone is 5. The Morgan fingerprint density at radius 2 is 1.71 bits per heavy atom. The van der Waals surface area contributed by atoms with Crippen molar-refractivity contribution in [3.05, 3.63) is 116 Å². The molecule has 2 aliphatic carbocycles. The molecule has 0 saturated carbocycles. The number of aromatic nitrogens is 1. The molecule has 0 N–H and O–H groups in total. The number of hydrogen-bond donors (Lipinski definition) is 0. The molecule has 0 bridgehead atoms. The average Bonchev–Trinajstić information content (AvgIpc) is 3.41. The van der Waals surface area contributed by atoms with Gasteiger partial charge in [-0.25, -0.2) is 0 Å². The standard InChI is InChI=1S/C15H14N.C12H11.2FH.Zr/c1-11-7-12(2)16(10-11)15-8-13-5-3-4-6-14(13)9-15;1-2-6-11(7-3-1)10-12-8-4-5-9-12;;;/h3-10H,1-2H3;1-4,6-8H,5,10H2;2*1H;/q;;;;+2/p-2. The first-order valence-corrected chi connectivity index (χ1v) is 13.0. The average molecular weight is 493 g/mol. The summed E-state index contributed by atoms with van der Waals surface area (Å²) in [4.78, 5) is 0. The summed E-state index contributed by atoms with van der Waals surface area (Å²) in [5, 5.41) is 0. The van der Waals surface area contributed by atoms with Crippen LogP contribution in [0.25, 0.3) is 11.8 Å². The Hall–Kier alpha value is -2.32. The van der Waals surface area contributed by atoms with Crippen LogP contribution >= 0.6 is 0 Å². The SMILES string of the molecule is Cc1cc(C)n(C2=Cc3ccccc3[CH]2[Zr+2][C]2=C(Cc3ccccc3)C=CC2)c1.[F-].[F-]. The third-order valence-electron chi connectivity index (χ3n) is 5.92. The molecule has 0 saturated heterocycles. The maximum atomic E-state index is 2.45. The molecule has 1 aromatic heterocycles. The van der Waals surface area contributed by atoms with Gasteiger partial charge in [-0.15, -0.1) is 0 Å². The summed E-state index contributed by atoms with van der Waals surface area (Å²) >= 11 is -0.829. The number of halogens is 2. The summed E-state index contributed by atoms with van der Waals surface area (Å²) in [7, 11) is 0. The van der Waals surface area contributed by atoms with Crippen LogP contribution in [-0.4, -0.2) is 4.57 Å². The molecule has 1 unspecified atom stereocenters. The van der Waals surface area contributed by atoms with Crippen LogP contribution in [0.3, 0.4) is 0 Å². The van der Waals surface area contributed by atoms with Gasteiger partial charge in [0.05, 0.1) is 0 Å². The van der Waals surface area contributed by atoms with Gasteiger partial charge >= 0.3 is 186 Å². The molecular formula is C27H25F2NZr. The second kappa shape index (κ2) is 9.87. The number of rotatable bonds is 5. The zero-order chi connectivity index (χ0) is 19.8. The third-order valence-corrected chi connectivity index (χ3v) is 10.3. The summed E-state index contributed by atoms with van der Waals surface area (Å²) < 4.78 is 4.79. The topological polar surface area (TPSA) is 4.93 Å². The molecular weight excluding hydrogens is 468 g/mol. The Labute approximate surface area is 194 Å². The van der Waals surface area contributed by atoms with Gasteiger partial charge in [-0.2, -0.15) is 0 Å². The Bertz CT molecular complexity index is 1150. The largest absolute Gasteiger partial charge is 1.00 e. The van der Waals surface area contributed by atoms with Gasteiger partial charge in [-0.1, -0.05) is 0 Å². The third kappa shape index (κ3) is 4.65. The number of aryl methyl sites for hydroxylation is 2. The van der Waals surface area contributed by atoms with Crippen LogP contribution in [-0.2, 0) is 29.7 Å². The predicted molar refractivity (Wildman–Crippen MR) is 118 cm³/mol. The van der Waals surface area contributed by atoms with E-state index in [1.54, 1.807) is 14.4 Å². The van der Waals surface area contributed by atoms with E-state index in [1.165, 1.54) is 28.1 Å². The second-order valence-electron chi connectivity index (χ2n) is 8.08. The van der Waals surface area contributed by atoms with E-state index in [2.05, 4.69) is 104 Å². The fourth-order valence-corrected chi connectivity index (χ4v) is 8.80. The first-order valence-electron chi connectivity index (χ1n) is 10.3. The van der Waals surface area contributed by atoms with E-state index in [0.29, 0.717) is 3.63 Å². The summed E-state index contributed by atoms with van der Waals surface area (Å²) in [6, 6.07) is 22.2. The van der Waals surface area contributed by atoms with Crippen molar-refractivity contribution < 1.29 is 32.6 Å². The predicted octanol–water partition coefficient (Wildman–Crippen LogP) is 0.705. The van der Waals surface area contributed by atoms with E-state index in [4.69, 9.17) is 0 Å². The van der Waals surface area contributed by atoms with E-state index in [1.807, 2.05) is 0 Å². The van der Waals surface area contributed by atoms with Crippen molar-refractivity contribution in [1.82, 2.24) is 4.57 Å². The Balaban J connectivity index is 0.00000136. The Morgan fingerprint density at radius 3 is 2.45 bits per heavy atom. The van der Waals surface area contributed by atoms with E-state index < -0.39 is 23.2 Å². The van der Waals surface area contributed by atoms with Crippen LogP contribution in [0.2, 0.25) is 0 Å². The molecule has 2 aromatic carbocycles. The van der Waals surface area contributed by atoms with Crippen molar-refractivity contribution in [1.29, 1.82) is 0 Å². The fourth-order valence-electron chi connectivity index (χ4n) is 4.55. The number of nitrogens with zero attached hydrogens (tertiary/aromatic N) is 1. The zero-order valence-corrected chi connectivity index (χ0v) is 20.2. The van der Waals surface area contributed by atoms with Crippen molar-refractivity contribution >= 4 is 11.8 Å². The number of benzene rings is 2. The second-order valence-corrected chi connectivity index (χ2v) is 11.7. The molecule has 0 aliphatic heterocycles. The Morgan fingerprint density at radius 1 is 0.968 bits per heavy atom. The van der Waals surface area contributed by atoms with Crippen LogP contribution < -0.4 is 9.41 Å². The fraction of sp³-hybridized carbons (Fsp3) is 0.185. The van der Waals surface area contributed by atoms with Crippen molar-refractivity contribution in [2.45, 2.75) is 30.3 Å². The molecule has 156 valence electrons. The van der Waals surface area contributed by atoms with Gasteiger partial charge in [0.1, 0.15) is 0 Å². The van der Waals surface area contributed by atoms with Crippen LogP contribution in [0.4, 0.5) is 0 Å². The first kappa shape index (κ1) is 23.3. The van der Waals surface area contributed by atoms with Crippen LogP contribution in [0.15, 0.2) is 87.9 Å². The molecule has 2 aliphatic rings. The molecule has 1 atom stereocenters. The number of fused-ring (bicyclic) bond motifs is 1. The van der Waals surface area contributed by atoms with Crippen LogP contribution in [0.5, 0.6) is 0 Å². The maximum absolute atomic E-state index is 2.45. The minimum atomic E-state index is -0.829. The van der Waals surface area contributed by atoms with Gasteiger partial charge in [0, 0.05) is 0 Å². The molecule has 31 heavy (non-hydrogen) atoms. The summed E-state index contributed by atoms with van der Waals surface area (Å²) in [6.07, 6.45) is 11.7. The molecule has 1 nitrogen and oxygen atoms in total. The molecule has 3 aromatic rings. The van der Waals surface area contributed by atoms with Crippen LogP contribution in [0, 0.1) is 13.8 Å². The Kier molecular flexibility index (Phi) is 7.44. The molecule has 0 spiro atoms. The van der Waals surface area contributed by atoms with Crippen molar-refractivity contribution in [2.24, 2.45) is 0 Å². The first-order chi connectivity index (χ1) is 14.2. The maximum Gasteiger partial charge on any atom is -1.00 e. The minimum absolute atomic E-state index is 0. The summed E-state index contributed by atoms with van der Waals surface area (Å²) in [5.74, 6) is 0. The van der Waals surface area contributed by atoms with Crippen molar-refractivity contribution in [3.8, 4) is 0 Å². The summed E-state index contributed by atoms with van der Waals surface area (Å²) in [6.45, 7) is 4.43. The van der Waals surface area contributed by atoms with Crippen molar-refractivity contribution in [3.63, 3.8) is 0 Å². The van der Waals surface area contributed by atoms with Gasteiger partial charge in [0.15, 0.2) is 0 Å². The number of hydrogen-bond acceptors (Lipinski definition) is 0. The smallest absolute Gasteiger partial charge is 1.00 e. The molecule has 0 radical (unpaired) electrons. The van der Waals surface area contributed by atoms with E-state index in [-0.39, 0.29) is 9.41 Å². The van der Waals surface area contributed by atoms with Crippen LogP contribution in [0.1, 0.15) is 38.0 Å². The molecule has 1 heterocycles. The van der Waals surface area contributed by atoms with E-state index in [0.717, 1.165) is 12.8 Å². The van der Waals surface area contributed by atoms with E-state index in [9.17, 15) is 0 Å². The van der Waals surface area contributed by atoms with Gasteiger partial charge in [0.25, 0.3) is 0 Å². The van der Waals surface area contributed by atoms with E-state index >= 15 is 0 Å². The molecule has 0 fully saturated rings. The van der Waals surface area contributed by atoms with Gasteiger partial charge in [-0.3, -0.25) is 0 Å². The minimum Gasteiger partial charge on any atom is -1.00 e. The van der Waals surface area contributed by atoms with Gasteiger partial charge in [0.2, 0.25) is 0 Å². The zero-order valence-electron chi connectivity index (χ0n) is 17.8. The monoisotopic (exact) mass is 491 g/mol. The summed E-state index contributed by atoms with van der Waals surface area (Å²) in [5.41, 5.74) is 10.1. The van der Waals surface area contributed by atoms with Crippen molar-refractivity contribution in [2.75, 3.05) is 0 Å². The van der Waals surface area contributed by atoms with Gasteiger partial charge < -0.3 is 9.41 Å². The molecule has 5 rings (SSSR count). The molecule has 0 amide bonds. The normalized spacial score (nSPS) is 16.3. The quantitative estimate of drug-likeness (QED) is 0.495. The van der Waals surface area contributed by atoms with Gasteiger partial charge in [-0.05, 0) is 0 Å².